The number of hydrogen-bond donors (Lipinski definition) is 0. The van der Waals surface area contributed by atoms with E-state index in [1.165, 1.54) is 5.69 Å². The number of pyridine rings is 1. The molecule has 4 heteroatoms. The highest BCUT2D eigenvalue weighted by atomic mass is 16.5. The van der Waals surface area contributed by atoms with Gasteiger partial charge in [0, 0.05) is 30.4 Å². The molecule has 2 atom stereocenters. The molecule has 0 amide bonds. The van der Waals surface area contributed by atoms with Crippen LogP contribution in [0.1, 0.15) is 20.3 Å². The monoisotopic (exact) mass is 286 g/mol. The van der Waals surface area contributed by atoms with Gasteiger partial charge in [0.1, 0.15) is 5.75 Å². The number of hydrogen-bond acceptors (Lipinski definition) is 4. The van der Waals surface area contributed by atoms with E-state index in [9.17, 15) is 0 Å². The largest absolute Gasteiger partial charge is 0.496 e. The zero-order valence-corrected chi connectivity index (χ0v) is 12.9. The second-order valence-electron chi connectivity index (χ2n) is 5.60. The van der Waals surface area contributed by atoms with Crippen LogP contribution in [0.4, 0.5) is 5.69 Å². The fourth-order valence-electron chi connectivity index (χ4n) is 2.97. The molecule has 112 valence electrons. The molecule has 1 saturated heterocycles. The van der Waals surface area contributed by atoms with Gasteiger partial charge in [0.25, 0.3) is 0 Å². The summed E-state index contributed by atoms with van der Waals surface area (Å²) in [5, 5.41) is 1.06. The maximum atomic E-state index is 5.94. The van der Waals surface area contributed by atoms with E-state index in [1.807, 2.05) is 6.07 Å². The lowest BCUT2D eigenvalue weighted by molar-refractivity contribution is -0.0172. The minimum absolute atomic E-state index is 0.259. The molecule has 0 bridgehead atoms. The molecule has 0 saturated carbocycles. The van der Waals surface area contributed by atoms with E-state index in [0.29, 0.717) is 6.10 Å². The Morgan fingerprint density at radius 3 is 2.95 bits per heavy atom. The summed E-state index contributed by atoms with van der Waals surface area (Å²) in [5.41, 5.74) is 2.17. The van der Waals surface area contributed by atoms with Gasteiger partial charge in [-0.1, -0.05) is 6.92 Å². The van der Waals surface area contributed by atoms with Gasteiger partial charge in [-0.2, -0.15) is 0 Å². The Kier molecular flexibility index (Phi) is 3.97. The lowest BCUT2D eigenvalue weighted by Gasteiger charge is -2.38. The number of aromatic nitrogens is 1. The van der Waals surface area contributed by atoms with Gasteiger partial charge in [0.05, 0.1) is 24.8 Å². The summed E-state index contributed by atoms with van der Waals surface area (Å²) in [6.07, 6.45) is 3.39. The number of rotatable bonds is 3. The molecule has 4 nitrogen and oxygen atoms in total. The van der Waals surface area contributed by atoms with Crippen LogP contribution in [0.2, 0.25) is 0 Å². The van der Waals surface area contributed by atoms with Crippen LogP contribution in [0.5, 0.6) is 5.75 Å². The fourth-order valence-corrected chi connectivity index (χ4v) is 2.97. The van der Waals surface area contributed by atoms with Crippen molar-refractivity contribution in [3.8, 4) is 5.75 Å². The molecule has 0 radical (unpaired) electrons. The summed E-state index contributed by atoms with van der Waals surface area (Å²) in [4.78, 5) is 6.80. The van der Waals surface area contributed by atoms with Crippen LogP contribution in [0.25, 0.3) is 10.9 Å². The van der Waals surface area contributed by atoms with Gasteiger partial charge < -0.3 is 14.4 Å². The standard InChI is InChI=1S/C17H22N2O2/c1-4-14-11-19(10-12(2)21-14)13-5-6-16-15(9-13)17(20-3)7-8-18-16/h5-9,12,14H,4,10-11H2,1-3H3. The van der Waals surface area contributed by atoms with E-state index in [1.54, 1.807) is 13.3 Å². The predicted molar refractivity (Wildman–Crippen MR) is 85.1 cm³/mol. The third-order valence-corrected chi connectivity index (χ3v) is 4.05. The molecule has 2 unspecified atom stereocenters. The van der Waals surface area contributed by atoms with Crippen molar-refractivity contribution in [2.75, 3.05) is 25.1 Å². The lowest BCUT2D eigenvalue weighted by atomic mass is 10.1. The first-order valence-corrected chi connectivity index (χ1v) is 7.54. The van der Waals surface area contributed by atoms with Crippen LogP contribution in [0.15, 0.2) is 30.5 Å². The third-order valence-electron chi connectivity index (χ3n) is 4.05. The van der Waals surface area contributed by atoms with Crippen molar-refractivity contribution in [1.29, 1.82) is 0 Å². The van der Waals surface area contributed by atoms with Crippen LogP contribution in [0.3, 0.4) is 0 Å². The lowest BCUT2D eigenvalue weighted by Crippen LogP contribution is -2.46. The Bertz CT molecular complexity index is 629. The van der Waals surface area contributed by atoms with E-state index in [-0.39, 0.29) is 6.10 Å². The topological polar surface area (TPSA) is 34.6 Å². The molecule has 1 fully saturated rings. The number of ether oxygens (including phenoxy) is 2. The zero-order chi connectivity index (χ0) is 14.8. The van der Waals surface area contributed by atoms with Crippen molar-refractivity contribution in [3.05, 3.63) is 30.5 Å². The molecule has 1 aromatic heterocycles. The second-order valence-corrected chi connectivity index (χ2v) is 5.60. The minimum atomic E-state index is 0.259. The van der Waals surface area contributed by atoms with Gasteiger partial charge in [-0.15, -0.1) is 0 Å². The Morgan fingerprint density at radius 1 is 1.33 bits per heavy atom. The van der Waals surface area contributed by atoms with Crippen molar-refractivity contribution in [2.24, 2.45) is 0 Å². The van der Waals surface area contributed by atoms with Crippen molar-refractivity contribution in [3.63, 3.8) is 0 Å². The summed E-state index contributed by atoms with van der Waals surface area (Å²) in [6.45, 7) is 6.17. The summed E-state index contributed by atoms with van der Waals surface area (Å²) in [5.74, 6) is 0.871. The summed E-state index contributed by atoms with van der Waals surface area (Å²) in [7, 11) is 1.70. The average Bonchev–Trinajstić information content (AvgIpc) is 2.53. The maximum absolute atomic E-state index is 5.94. The van der Waals surface area contributed by atoms with Gasteiger partial charge >= 0.3 is 0 Å². The number of fused-ring (bicyclic) bond motifs is 1. The van der Waals surface area contributed by atoms with Crippen LogP contribution < -0.4 is 9.64 Å². The van der Waals surface area contributed by atoms with Crippen LogP contribution in [-0.4, -0.2) is 37.4 Å². The first-order valence-electron chi connectivity index (χ1n) is 7.54. The van der Waals surface area contributed by atoms with Crippen LogP contribution in [-0.2, 0) is 4.74 Å². The Labute approximate surface area is 125 Å². The van der Waals surface area contributed by atoms with Crippen LogP contribution >= 0.6 is 0 Å². The molecule has 0 aliphatic carbocycles. The first-order chi connectivity index (χ1) is 10.2. The molecule has 2 heterocycles. The zero-order valence-electron chi connectivity index (χ0n) is 12.9. The van der Waals surface area contributed by atoms with E-state index in [2.05, 4.69) is 41.9 Å². The van der Waals surface area contributed by atoms with Gasteiger partial charge in [-0.3, -0.25) is 4.98 Å². The van der Waals surface area contributed by atoms with Crippen molar-refractivity contribution in [2.45, 2.75) is 32.5 Å². The molecule has 21 heavy (non-hydrogen) atoms. The van der Waals surface area contributed by atoms with E-state index in [4.69, 9.17) is 9.47 Å². The highest BCUT2D eigenvalue weighted by Gasteiger charge is 2.24. The highest BCUT2D eigenvalue weighted by molar-refractivity contribution is 5.88. The third kappa shape index (κ3) is 2.81. The van der Waals surface area contributed by atoms with Crippen molar-refractivity contribution in [1.82, 2.24) is 4.98 Å². The molecular formula is C17H22N2O2. The van der Waals surface area contributed by atoms with Crippen LogP contribution in [0, 0.1) is 0 Å². The summed E-state index contributed by atoms with van der Waals surface area (Å²) >= 11 is 0. The smallest absolute Gasteiger partial charge is 0.129 e. The van der Waals surface area contributed by atoms with E-state index in [0.717, 1.165) is 36.2 Å². The number of anilines is 1. The van der Waals surface area contributed by atoms with Gasteiger partial charge in [0.15, 0.2) is 0 Å². The molecule has 0 spiro atoms. The Morgan fingerprint density at radius 2 is 2.19 bits per heavy atom. The quantitative estimate of drug-likeness (QED) is 0.867. The van der Waals surface area contributed by atoms with Gasteiger partial charge in [-0.05, 0) is 37.6 Å². The molecule has 1 aromatic carbocycles. The molecule has 1 aliphatic rings. The first kappa shape index (κ1) is 14.1. The van der Waals surface area contributed by atoms with E-state index < -0.39 is 0 Å². The van der Waals surface area contributed by atoms with E-state index >= 15 is 0 Å². The predicted octanol–water partition coefficient (Wildman–Crippen LogP) is 3.25. The van der Waals surface area contributed by atoms with Crippen molar-refractivity contribution >= 4 is 16.6 Å². The Balaban J connectivity index is 1.96. The second kappa shape index (κ2) is 5.90. The highest BCUT2D eigenvalue weighted by Crippen LogP contribution is 2.29. The molecule has 2 aromatic rings. The molecular weight excluding hydrogens is 264 g/mol. The number of nitrogens with zero attached hydrogens (tertiary/aromatic N) is 2. The number of morpholine rings is 1. The van der Waals surface area contributed by atoms with Gasteiger partial charge in [-0.25, -0.2) is 0 Å². The Hall–Kier alpha value is -1.81. The fraction of sp³-hybridized carbons (Fsp3) is 0.471. The molecule has 1 aliphatic heterocycles. The van der Waals surface area contributed by atoms with Gasteiger partial charge in [0.2, 0.25) is 0 Å². The SMILES string of the molecule is CCC1CN(c2ccc3nccc(OC)c3c2)CC(C)O1. The average molecular weight is 286 g/mol. The summed E-state index contributed by atoms with van der Waals surface area (Å²) in [6, 6.07) is 8.28. The number of benzene rings is 1. The molecule has 0 N–H and O–H groups in total. The number of methoxy groups -OCH3 is 1. The molecule has 3 rings (SSSR count). The normalized spacial score (nSPS) is 22.5. The van der Waals surface area contributed by atoms with Crippen molar-refractivity contribution < 1.29 is 9.47 Å². The minimum Gasteiger partial charge on any atom is -0.496 e. The summed E-state index contributed by atoms with van der Waals surface area (Å²) < 4.78 is 11.4. The maximum Gasteiger partial charge on any atom is 0.129 e.